The first kappa shape index (κ1) is 21.2. The SMILES string of the molecule is S=C(NSc1ccc(Cl)cc1)N1CCC(c2ccccc2)C(c2ccc(Cl)cc2)=N1. The molecule has 0 saturated carbocycles. The molecule has 0 spiro atoms. The lowest BCUT2D eigenvalue weighted by molar-refractivity contribution is 0.404. The van der Waals surface area contributed by atoms with Crippen LogP contribution in [-0.2, 0) is 0 Å². The molecule has 1 N–H and O–H groups in total. The normalized spacial score (nSPS) is 16.1. The maximum Gasteiger partial charge on any atom is 0.199 e. The molecule has 3 nitrogen and oxygen atoms in total. The van der Waals surface area contributed by atoms with E-state index in [1.807, 2.05) is 59.6 Å². The van der Waals surface area contributed by atoms with E-state index in [-0.39, 0.29) is 5.92 Å². The topological polar surface area (TPSA) is 27.6 Å². The van der Waals surface area contributed by atoms with Crippen LogP contribution in [0, 0.1) is 0 Å². The molecule has 0 aliphatic carbocycles. The zero-order chi connectivity index (χ0) is 20.9. The summed E-state index contributed by atoms with van der Waals surface area (Å²) in [6.07, 6.45) is 0.916. The molecule has 0 fully saturated rings. The average molecular weight is 472 g/mol. The lowest BCUT2D eigenvalue weighted by Gasteiger charge is -2.31. The number of hydrogen-bond acceptors (Lipinski definition) is 3. The van der Waals surface area contributed by atoms with Crippen LogP contribution in [0.5, 0.6) is 0 Å². The average Bonchev–Trinajstić information content (AvgIpc) is 2.79. The summed E-state index contributed by atoms with van der Waals surface area (Å²) >= 11 is 19.1. The van der Waals surface area contributed by atoms with Crippen molar-refractivity contribution in [2.45, 2.75) is 17.2 Å². The fraction of sp³-hybridized carbons (Fsp3) is 0.130. The number of benzene rings is 3. The van der Waals surface area contributed by atoms with Crippen molar-refractivity contribution in [2.75, 3.05) is 6.54 Å². The molecule has 1 aliphatic heterocycles. The summed E-state index contributed by atoms with van der Waals surface area (Å²) in [6.45, 7) is 0.740. The monoisotopic (exact) mass is 471 g/mol. The molecule has 1 aliphatic rings. The molecular formula is C23H19Cl2N3S2. The second-order valence-electron chi connectivity index (χ2n) is 6.83. The Balaban J connectivity index is 1.56. The third kappa shape index (κ3) is 5.16. The largest absolute Gasteiger partial charge is 0.301 e. The molecule has 0 amide bonds. The number of halogens is 2. The minimum atomic E-state index is 0.204. The molecule has 30 heavy (non-hydrogen) atoms. The molecule has 1 unspecified atom stereocenters. The van der Waals surface area contributed by atoms with Gasteiger partial charge in [0.05, 0.1) is 5.71 Å². The molecule has 0 aromatic heterocycles. The Morgan fingerprint density at radius 1 is 0.933 bits per heavy atom. The number of hydrogen-bond donors (Lipinski definition) is 1. The third-order valence-corrected chi connectivity index (χ3v) is 6.58. The Labute approximate surface area is 196 Å². The van der Waals surface area contributed by atoms with Gasteiger partial charge in [0.2, 0.25) is 0 Å². The van der Waals surface area contributed by atoms with Crippen LogP contribution in [0.3, 0.4) is 0 Å². The summed E-state index contributed by atoms with van der Waals surface area (Å²) in [7, 11) is 0. The molecule has 0 radical (unpaired) electrons. The lowest BCUT2D eigenvalue weighted by atomic mass is 9.86. The summed E-state index contributed by atoms with van der Waals surface area (Å²) < 4.78 is 3.23. The van der Waals surface area contributed by atoms with Crippen molar-refractivity contribution in [2.24, 2.45) is 5.10 Å². The highest BCUT2D eigenvalue weighted by molar-refractivity contribution is 7.99. The fourth-order valence-electron chi connectivity index (χ4n) is 3.33. The van der Waals surface area contributed by atoms with Crippen LogP contribution < -0.4 is 4.72 Å². The van der Waals surface area contributed by atoms with E-state index in [2.05, 4.69) is 29.0 Å². The van der Waals surface area contributed by atoms with Crippen LogP contribution >= 0.6 is 47.4 Å². The van der Waals surface area contributed by atoms with Gasteiger partial charge in [-0.1, -0.05) is 65.7 Å². The van der Waals surface area contributed by atoms with Crippen molar-refractivity contribution < 1.29 is 0 Å². The third-order valence-electron chi connectivity index (χ3n) is 4.83. The van der Waals surface area contributed by atoms with E-state index in [1.165, 1.54) is 17.5 Å². The first-order valence-corrected chi connectivity index (χ1v) is 11.5. The van der Waals surface area contributed by atoms with Crippen LogP contribution in [0.25, 0.3) is 0 Å². The zero-order valence-electron chi connectivity index (χ0n) is 16.0. The van der Waals surface area contributed by atoms with Gasteiger partial charge in [0.25, 0.3) is 0 Å². The standard InChI is InChI=1S/C23H19Cl2N3S2/c24-18-8-6-17(7-9-18)22-21(16-4-2-1-3-5-16)14-15-28(26-22)23(29)27-30-20-12-10-19(25)11-13-20/h1-13,21H,14-15H2,(H,27,29). The van der Waals surface area contributed by atoms with E-state index < -0.39 is 0 Å². The van der Waals surface area contributed by atoms with Crippen molar-refractivity contribution in [3.05, 3.63) is 100 Å². The van der Waals surface area contributed by atoms with Crippen molar-refractivity contribution in [1.29, 1.82) is 0 Å². The first-order chi connectivity index (χ1) is 14.6. The van der Waals surface area contributed by atoms with E-state index in [1.54, 1.807) is 0 Å². The van der Waals surface area contributed by atoms with Gasteiger partial charge in [-0.25, -0.2) is 5.01 Å². The Kier molecular flexibility index (Phi) is 6.95. The van der Waals surface area contributed by atoms with Crippen LogP contribution in [0.4, 0.5) is 0 Å². The Morgan fingerprint density at radius 2 is 1.57 bits per heavy atom. The van der Waals surface area contributed by atoms with Gasteiger partial charge < -0.3 is 4.72 Å². The summed E-state index contributed by atoms with van der Waals surface area (Å²) in [5.41, 5.74) is 3.29. The predicted octanol–water partition coefficient (Wildman–Crippen LogP) is 6.77. The summed E-state index contributed by atoms with van der Waals surface area (Å²) in [5.74, 6) is 0.204. The molecule has 4 rings (SSSR count). The molecule has 3 aromatic carbocycles. The fourth-order valence-corrected chi connectivity index (χ4v) is 4.42. The van der Waals surface area contributed by atoms with Crippen molar-refractivity contribution in [3.63, 3.8) is 0 Å². The van der Waals surface area contributed by atoms with Gasteiger partial charge in [-0.3, -0.25) is 0 Å². The van der Waals surface area contributed by atoms with E-state index in [0.717, 1.165) is 29.1 Å². The molecular weight excluding hydrogens is 453 g/mol. The lowest BCUT2D eigenvalue weighted by Crippen LogP contribution is -2.39. The molecule has 7 heteroatoms. The van der Waals surface area contributed by atoms with Crippen molar-refractivity contribution in [3.8, 4) is 0 Å². The van der Waals surface area contributed by atoms with Gasteiger partial charge in [0.15, 0.2) is 5.11 Å². The quantitative estimate of drug-likeness (QED) is 0.335. The predicted molar refractivity (Wildman–Crippen MR) is 132 cm³/mol. The van der Waals surface area contributed by atoms with Crippen LogP contribution in [-0.4, -0.2) is 22.4 Å². The summed E-state index contributed by atoms with van der Waals surface area (Å²) in [4.78, 5) is 1.03. The number of hydrazone groups is 1. The maximum absolute atomic E-state index is 6.10. The van der Waals surface area contributed by atoms with Crippen LogP contribution in [0.2, 0.25) is 10.0 Å². The maximum atomic E-state index is 6.10. The number of nitrogens with zero attached hydrogens (tertiary/aromatic N) is 2. The first-order valence-electron chi connectivity index (χ1n) is 9.49. The summed E-state index contributed by atoms with van der Waals surface area (Å²) in [6, 6.07) is 25.9. The summed E-state index contributed by atoms with van der Waals surface area (Å²) in [5, 5.41) is 8.79. The zero-order valence-corrected chi connectivity index (χ0v) is 19.1. The highest BCUT2D eigenvalue weighted by Gasteiger charge is 2.27. The molecule has 152 valence electrons. The van der Waals surface area contributed by atoms with Gasteiger partial charge in [0, 0.05) is 27.4 Å². The highest BCUT2D eigenvalue weighted by atomic mass is 35.5. The number of nitrogens with one attached hydrogen (secondary N) is 1. The Bertz CT molecular complexity index is 1040. The minimum Gasteiger partial charge on any atom is -0.301 e. The van der Waals surface area contributed by atoms with Crippen molar-refractivity contribution >= 4 is 58.2 Å². The van der Waals surface area contributed by atoms with Gasteiger partial charge in [-0.05, 0) is 78.1 Å². The van der Waals surface area contributed by atoms with Crippen LogP contribution in [0.1, 0.15) is 23.5 Å². The molecule has 0 saturated heterocycles. The van der Waals surface area contributed by atoms with E-state index >= 15 is 0 Å². The van der Waals surface area contributed by atoms with Gasteiger partial charge >= 0.3 is 0 Å². The van der Waals surface area contributed by atoms with E-state index in [0.29, 0.717) is 15.2 Å². The molecule has 0 bridgehead atoms. The number of rotatable bonds is 4. The Morgan fingerprint density at radius 3 is 2.23 bits per heavy atom. The Hall–Kier alpha value is -2.05. The molecule has 1 heterocycles. The highest BCUT2D eigenvalue weighted by Crippen LogP contribution is 2.30. The molecule has 3 aromatic rings. The van der Waals surface area contributed by atoms with E-state index in [4.69, 9.17) is 40.5 Å². The van der Waals surface area contributed by atoms with Gasteiger partial charge in [0.1, 0.15) is 0 Å². The molecule has 1 atom stereocenters. The second kappa shape index (κ2) is 9.84. The van der Waals surface area contributed by atoms with Gasteiger partial charge in [-0.2, -0.15) is 5.10 Å². The smallest absolute Gasteiger partial charge is 0.199 e. The van der Waals surface area contributed by atoms with Crippen molar-refractivity contribution in [1.82, 2.24) is 9.73 Å². The number of thiocarbonyl (C=S) groups is 1. The van der Waals surface area contributed by atoms with E-state index in [9.17, 15) is 0 Å². The van der Waals surface area contributed by atoms with Gasteiger partial charge in [-0.15, -0.1) is 0 Å². The minimum absolute atomic E-state index is 0.204. The van der Waals surface area contributed by atoms with Crippen LogP contribution in [0.15, 0.2) is 88.9 Å². The second-order valence-corrected chi connectivity index (χ2v) is 8.97.